The summed E-state index contributed by atoms with van der Waals surface area (Å²) < 4.78 is 0. The van der Waals surface area contributed by atoms with Crippen LogP contribution in [0.4, 0.5) is 0 Å². The lowest BCUT2D eigenvalue weighted by molar-refractivity contribution is 0.685. The summed E-state index contributed by atoms with van der Waals surface area (Å²) in [6.07, 6.45) is 12.6. The van der Waals surface area contributed by atoms with E-state index in [4.69, 9.17) is 0 Å². The van der Waals surface area contributed by atoms with Crippen molar-refractivity contribution >= 4 is 6.08 Å². The number of hydrogen-bond acceptors (Lipinski definition) is 0. The van der Waals surface area contributed by atoms with Crippen molar-refractivity contribution < 1.29 is 0 Å². The molecule has 0 heteroatoms. The van der Waals surface area contributed by atoms with Gasteiger partial charge in [0.05, 0.1) is 0 Å². The highest BCUT2D eigenvalue weighted by molar-refractivity contribution is 5.78. The van der Waals surface area contributed by atoms with E-state index < -0.39 is 0 Å². The van der Waals surface area contributed by atoms with Gasteiger partial charge in [-0.25, -0.2) is 0 Å². The fraction of sp³-hybridized carbons (Fsp3) is 0.417. The molecule has 0 radical (unpaired) electrons. The van der Waals surface area contributed by atoms with E-state index in [1.807, 2.05) is 0 Å². The Morgan fingerprint density at radius 1 is 0.958 bits per heavy atom. The van der Waals surface area contributed by atoms with Crippen LogP contribution in [0.3, 0.4) is 0 Å². The van der Waals surface area contributed by atoms with Crippen molar-refractivity contribution in [3.63, 3.8) is 0 Å². The smallest absolute Gasteiger partial charge is 0.00603 e. The minimum atomic E-state index is 1.14. The Balaban J connectivity index is 1.75. The third kappa shape index (κ3) is 2.83. The Hall–Kier alpha value is -1.82. The first-order valence-electron chi connectivity index (χ1n) is 9.70. The zero-order chi connectivity index (χ0) is 16.5. The lowest BCUT2D eigenvalue weighted by Crippen LogP contribution is -2.08. The van der Waals surface area contributed by atoms with Gasteiger partial charge in [-0.2, -0.15) is 0 Å². The van der Waals surface area contributed by atoms with Gasteiger partial charge in [0.15, 0.2) is 0 Å². The first-order valence-corrected chi connectivity index (χ1v) is 9.70. The van der Waals surface area contributed by atoms with Crippen LogP contribution in [0.2, 0.25) is 0 Å². The zero-order valence-corrected chi connectivity index (χ0v) is 15.1. The molecule has 0 saturated heterocycles. The Morgan fingerprint density at radius 3 is 2.46 bits per heavy atom. The second kappa shape index (κ2) is 6.59. The van der Waals surface area contributed by atoms with Gasteiger partial charge in [0.2, 0.25) is 0 Å². The maximum Gasteiger partial charge on any atom is -0.00603 e. The van der Waals surface area contributed by atoms with E-state index in [2.05, 4.69) is 50.3 Å². The molecular weight excluding hydrogens is 288 g/mol. The number of fused-ring (bicyclic) bond motifs is 3. The van der Waals surface area contributed by atoms with Crippen LogP contribution in [0.25, 0.3) is 17.2 Å². The Labute approximate surface area is 146 Å². The maximum absolute atomic E-state index is 2.49. The summed E-state index contributed by atoms with van der Waals surface area (Å²) >= 11 is 0. The second-order valence-corrected chi connectivity index (χ2v) is 7.63. The van der Waals surface area contributed by atoms with E-state index >= 15 is 0 Å². The molecule has 24 heavy (non-hydrogen) atoms. The van der Waals surface area contributed by atoms with Gasteiger partial charge in [0.1, 0.15) is 0 Å². The van der Waals surface area contributed by atoms with E-state index in [1.165, 1.54) is 67.2 Å². The zero-order valence-electron chi connectivity index (χ0n) is 15.1. The topological polar surface area (TPSA) is 0 Å². The molecule has 0 bridgehead atoms. The van der Waals surface area contributed by atoms with E-state index in [-0.39, 0.29) is 0 Å². The van der Waals surface area contributed by atoms with Gasteiger partial charge in [0.25, 0.3) is 0 Å². The maximum atomic E-state index is 2.49. The number of rotatable bonds is 4. The monoisotopic (exact) mass is 316 g/mol. The van der Waals surface area contributed by atoms with Gasteiger partial charge in [-0.05, 0) is 96.9 Å². The molecule has 124 valence electrons. The van der Waals surface area contributed by atoms with E-state index in [0.717, 1.165) is 6.42 Å². The van der Waals surface area contributed by atoms with Gasteiger partial charge < -0.3 is 0 Å². The molecule has 0 nitrogen and oxygen atoms in total. The summed E-state index contributed by atoms with van der Waals surface area (Å²) in [6.45, 7) is 4.54. The van der Waals surface area contributed by atoms with Crippen LogP contribution in [0.1, 0.15) is 67.3 Å². The molecule has 4 rings (SSSR count). The number of benzene rings is 2. The molecule has 2 aliphatic rings. The molecule has 0 aliphatic heterocycles. The summed E-state index contributed by atoms with van der Waals surface area (Å²) in [7, 11) is 0. The van der Waals surface area contributed by atoms with Gasteiger partial charge in [-0.1, -0.05) is 49.3 Å². The van der Waals surface area contributed by atoms with E-state index in [1.54, 1.807) is 22.3 Å². The minimum absolute atomic E-state index is 1.14. The van der Waals surface area contributed by atoms with Crippen LogP contribution in [0.5, 0.6) is 0 Å². The molecule has 0 fully saturated rings. The molecule has 0 N–H and O–H groups in total. The highest BCUT2D eigenvalue weighted by atomic mass is 14.3. The Morgan fingerprint density at radius 2 is 1.71 bits per heavy atom. The van der Waals surface area contributed by atoms with Crippen molar-refractivity contribution in [1.29, 1.82) is 0 Å². The SMILES string of the molecule is CCCCc1ccc(-c2cc3c(c4c2CCCC4)C=C(C)C3)cc1. The van der Waals surface area contributed by atoms with Crippen LogP contribution in [-0.4, -0.2) is 0 Å². The normalized spacial score (nSPS) is 15.8. The lowest BCUT2D eigenvalue weighted by atomic mass is 9.81. The van der Waals surface area contributed by atoms with Gasteiger partial charge in [-0.3, -0.25) is 0 Å². The van der Waals surface area contributed by atoms with Crippen molar-refractivity contribution in [3.05, 3.63) is 63.7 Å². The van der Waals surface area contributed by atoms with Crippen LogP contribution < -0.4 is 0 Å². The molecule has 0 aromatic heterocycles. The highest BCUT2D eigenvalue weighted by Gasteiger charge is 2.22. The fourth-order valence-corrected chi connectivity index (χ4v) is 4.45. The number of unbranched alkanes of at least 4 members (excludes halogenated alkanes) is 1. The number of aryl methyl sites for hydroxylation is 1. The molecule has 2 aromatic carbocycles. The Kier molecular flexibility index (Phi) is 4.31. The van der Waals surface area contributed by atoms with Crippen molar-refractivity contribution in [2.45, 2.75) is 65.2 Å². The highest BCUT2D eigenvalue weighted by Crippen LogP contribution is 2.40. The standard InChI is InChI=1S/C24H28/c1-3-4-7-18-10-12-19(13-11-18)24-16-20-14-17(2)15-23(20)21-8-5-6-9-22(21)24/h10-13,15-16H,3-9,14H2,1-2H3. The van der Waals surface area contributed by atoms with Gasteiger partial charge >= 0.3 is 0 Å². The molecule has 0 spiro atoms. The second-order valence-electron chi connectivity index (χ2n) is 7.63. The molecule has 0 unspecified atom stereocenters. The molecular formula is C24H28. The van der Waals surface area contributed by atoms with Crippen LogP contribution in [-0.2, 0) is 25.7 Å². The van der Waals surface area contributed by atoms with Crippen molar-refractivity contribution in [2.75, 3.05) is 0 Å². The lowest BCUT2D eigenvalue weighted by Gasteiger charge is -2.23. The molecule has 2 aromatic rings. The molecule has 0 heterocycles. The summed E-state index contributed by atoms with van der Waals surface area (Å²) in [4.78, 5) is 0. The summed E-state index contributed by atoms with van der Waals surface area (Å²) in [5.41, 5.74) is 12.3. The number of allylic oxidation sites excluding steroid dienone is 1. The average Bonchev–Trinajstić information content (AvgIpc) is 3.00. The first-order chi connectivity index (χ1) is 11.8. The molecule has 0 amide bonds. The van der Waals surface area contributed by atoms with Crippen molar-refractivity contribution in [2.24, 2.45) is 0 Å². The molecule has 2 aliphatic carbocycles. The largest absolute Gasteiger partial charge is 0.0683 e. The predicted octanol–water partition coefficient (Wildman–Crippen LogP) is 6.53. The van der Waals surface area contributed by atoms with Gasteiger partial charge in [0, 0.05) is 0 Å². The van der Waals surface area contributed by atoms with Crippen LogP contribution in [0.15, 0.2) is 35.9 Å². The Bertz CT molecular complexity index is 775. The number of hydrogen-bond donors (Lipinski definition) is 0. The molecule has 0 atom stereocenters. The van der Waals surface area contributed by atoms with E-state index in [0.29, 0.717) is 0 Å². The quantitative estimate of drug-likeness (QED) is 0.601. The molecule has 0 saturated carbocycles. The van der Waals surface area contributed by atoms with E-state index in [9.17, 15) is 0 Å². The summed E-state index contributed by atoms with van der Waals surface area (Å²) in [5.74, 6) is 0. The third-order valence-corrected chi connectivity index (χ3v) is 5.73. The van der Waals surface area contributed by atoms with Gasteiger partial charge in [-0.15, -0.1) is 0 Å². The third-order valence-electron chi connectivity index (χ3n) is 5.73. The average molecular weight is 316 g/mol. The summed E-state index contributed by atoms with van der Waals surface area (Å²) in [5, 5.41) is 0. The fourth-order valence-electron chi connectivity index (χ4n) is 4.45. The van der Waals surface area contributed by atoms with Crippen LogP contribution in [0, 0.1) is 0 Å². The minimum Gasteiger partial charge on any atom is -0.0683 e. The summed E-state index contributed by atoms with van der Waals surface area (Å²) in [6, 6.07) is 11.9. The predicted molar refractivity (Wildman–Crippen MR) is 104 cm³/mol. The van der Waals surface area contributed by atoms with Crippen molar-refractivity contribution in [1.82, 2.24) is 0 Å². The van der Waals surface area contributed by atoms with Crippen molar-refractivity contribution in [3.8, 4) is 11.1 Å². The first kappa shape index (κ1) is 15.7. The van der Waals surface area contributed by atoms with Crippen LogP contribution >= 0.6 is 0 Å².